The molecule has 3 aromatic rings. The maximum atomic E-state index is 13.3. The Balaban J connectivity index is 1.74. The first kappa shape index (κ1) is 23.6. The highest BCUT2D eigenvalue weighted by Gasteiger charge is 2.28. The SMILES string of the molecule is COc1ccc(-c2c(C)nc3sc(C(=O)N(C)C)nn23)cc1S(=O)(=O)NC1CCC(O)CC1. The fourth-order valence-electron chi connectivity index (χ4n) is 3.97. The van der Waals surface area contributed by atoms with Crippen LogP contribution in [-0.4, -0.2) is 72.3 Å². The number of aryl methyl sites for hydroxylation is 1. The summed E-state index contributed by atoms with van der Waals surface area (Å²) in [5, 5.41) is 14.4. The van der Waals surface area contributed by atoms with Crippen LogP contribution in [0.25, 0.3) is 16.2 Å². The van der Waals surface area contributed by atoms with Crippen LogP contribution in [0, 0.1) is 6.92 Å². The third-order valence-corrected chi connectivity index (χ3v) is 8.15. The number of benzene rings is 1. The van der Waals surface area contributed by atoms with Crippen LogP contribution < -0.4 is 9.46 Å². The van der Waals surface area contributed by atoms with Crippen molar-refractivity contribution in [1.82, 2.24) is 24.2 Å². The number of imidazole rings is 1. The van der Waals surface area contributed by atoms with E-state index in [-0.39, 0.29) is 28.7 Å². The number of aliphatic hydroxyl groups is 1. The van der Waals surface area contributed by atoms with Crippen LogP contribution in [0.1, 0.15) is 41.2 Å². The van der Waals surface area contributed by atoms with Crippen molar-refractivity contribution in [3.05, 3.63) is 28.9 Å². The Labute approximate surface area is 196 Å². The Morgan fingerprint density at radius 3 is 2.61 bits per heavy atom. The van der Waals surface area contributed by atoms with Gasteiger partial charge in [0, 0.05) is 25.7 Å². The quantitative estimate of drug-likeness (QED) is 0.538. The van der Waals surface area contributed by atoms with E-state index in [2.05, 4.69) is 14.8 Å². The lowest BCUT2D eigenvalue weighted by Gasteiger charge is -2.26. The summed E-state index contributed by atoms with van der Waals surface area (Å²) in [7, 11) is 0.843. The zero-order valence-corrected chi connectivity index (χ0v) is 20.5. The fourth-order valence-corrected chi connectivity index (χ4v) is 6.43. The summed E-state index contributed by atoms with van der Waals surface area (Å²) in [6, 6.07) is 4.65. The van der Waals surface area contributed by atoms with Crippen LogP contribution in [0.4, 0.5) is 0 Å². The minimum atomic E-state index is -3.88. The van der Waals surface area contributed by atoms with Gasteiger partial charge < -0.3 is 14.7 Å². The number of nitrogens with one attached hydrogen (secondary N) is 1. The first-order valence-electron chi connectivity index (χ1n) is 10.6. The molecule has 1 amide bonds. The summed E-state index contributed by atoms with van der Waals surface area (Å²) in [4.78, 5) is 18.9. The van der Waals surface area contributed by atoms with Crippen molar-refractivity contribution >= 4 is 32.2 Å². The maximum Gasteiger partial charge on any atom is 0.284 e. The molecule has 0 atom stereocenters. The van der Waals surface area contributed by atoms with E-state index in [0.717, 1.165) is 0 Å². The van der Waals surface area contributed by atoms with Crippen LogP contribution in [0.3, 0.4) is 0 Å². The topological polar surface area (TPSA) is 126 Å². The predicted octanol–water partition coefficient (Wildman–Crippen LogP) is 2.06. The number of carbonyl (C=O) groups excluding carboxylic acids is 1. The van der Waals surface area contributed by atoms with E-state index in [1.165, 1.54) is 23.3 Å². The second-order valence-electron chi connectivity index (χ2n) is 8.34. The largest absolute Gasteiger partial charge is 0.495 e. The fraction of sp³-hybridized carbons (Fsp3) is 0.476. The number of aliphatic hydroxyl groups excluding tert-OH is 1. The number of hydrogen-bond acceptors (Lipinski definition) is 8. The van der Waals surface area contributed by atoms with Crippen LogP contribution in [0.2, 0.25) is 0 Å². The van der Waals surface area contributed by atoms with Crippen molar-refractivity contribution in [3.63, 3.8) is 0 Å². The van der Waals surface area contributed by atoms with Gasteiger partial charge in [0.2, 0.25) is 20.0 Å². The third-order valence-electron chi connectivity index (χ3n) is 5.71. The minimum absolute atomic E-state index is 0.0165. The lowest BCUT2D eigenvalue weighted by atomic mass is 9.94. The first-order chi connectivity index (χ1) is 15.6. The number of aromatic nitrogens is 3. The Morgan fingerprint density at radius 2 is 1.97 bits per heavy atom. The van der Waals surface area contributed by atoms with E-state index < -0.39 is 10.0 Å². The molecule has 0 saturated heterocycles. The van der Waals surface area contributed by atoms with E-state index in [9.17, 15) is 18.3 Å². The number of rotatable bonds is 6. The molecule has 2 aromatic heterocycles. The Hall–Kier alpha value is -2.54. The van der Waals surface area contributed by atoms with Gasteiger partial charge in [-0.1, -0.05) is 11.3 Å². The Kier molecular flexibility index (Phi) is 6.45. The van der Waals surface area contributed by atoms with Crippen molar-refractivity contribution < 1.29 is 23.1 Å². The van der Waals surface area contributed by atoms with Crippen molar-refractivity contribution in [1.29, 1.82) is 0 Å². The third kappa shape index (κ3) is 4.60. The van der Waals surface area contributed by atoms with Gasteiger partial charge in [-0.3, -0.25) is 4.79 Å². The minimum Gasteiger partial charge on any atom is -0.495 e. The highest BCUT2D eigenvalue weighted by atomic mass is 32.2. The molecular formula is C21H27N5O5S2. The molecule has 0 radical (unpaired) electrons. The number of hydrogen-bond donors (Lipinski definition) is 2. The van der Waals surface area contributed by atoms with Gasteiger partial charge in [-0.2, -0.15) is 0 Å². The molecule has 1 saturated carbocycles. The standard InChI is InChI=1S/C21H27N5O5S2/c1-12-18(26-21(22-12)32-19(23-26)20(28)25(2)3)13-5-10-16(31-4)17(11-13)33(29,30)24-14-6-8-15(27)9-7-14/h5,10-11,14-15,24,27H,6-9H2,1-4H3. The lowest BCUT2D eigenvalue weighted by Crippen LogP contribution is -2.38. The van der Waals surface area contributed by atoms with Gasteiger partial charge in [-0.05, 0) is 50.8 Å². The summed E-state index contributed by atoms with van der Waals surface area (Å²) in [6.07, 6.45) is 1.90. The van der Waals surface area contributed by atoms with Gasteiger partial charge in [-0.15, -0.1) is 5.10 Å². The molecule has 33 heavy (non-hydrogen) atoms. The zero-order valence-electron chi connectivity index (χ0n) is 18.9. The summed E-state index contributed by atoms with van der Waals surface area (Å²) in [5.41, 5.74) is 1.87. The van der Waals surface area contributed by atoms with Gasteiger partial charge in [0.15, 0.2) is 0 Å². The Morgan fingerprint density at radius 1 is 1.27 bits per heavy atom. The molecule has 1 aliphatic carbocycles. The lowest BCUT2D eigenvalue weighted by molar-refractivity contribution is 0.0826. The second kappa shape index (κ2) is 9.01. The summed E-state index contributed by atoms with van der Waals surface area (Å²) in [5.74, 6) is -0.00356. The van der Waals surface area contributed by atoms with Crippen molar-refractivity contribution in [2.24, 2.45) is 0 Å². The zero-order chi connectivity index (χ0) is 23.9. The summed E-state index contributed by atoms with van der Waals surface area (Å²) < 4.78 is 36.2. The summed E-state index contributed by atoms with van der Waals surface area (Å²) >= 11 is 1.18. The van der Waals surface area contributed by atoms with E-state index >= 15 is 0 Å². The molecular weight excluding hydrogens is 466 g/mol. The van der Waals surface area contributed by atoms with E-state index in [4.69, 9.17) is 4.74 Å². The highest BCUT2D eigenvalue weighted by Crippen LogP contribution is 2.33. The van der Waals surface area contributed by atoms with Crippen LogP contribution in [-0.2, 0) is 10.0 Å². The van der Waals surface area contributed by atoms with Gasteiger partial charge in [0.25, 0.3) is 5.91 Å². The number of amides is 1. The normalized spacial score (nSPS) is 19.1. The molecule has 178 valence electrons. The molecule has 10 nitrogen and oxygen atoms in total. The molecule has 1 aliphatic rings. The van der Waals surface area contributed by atoms with Crippen molar-refractivity contribution in [2.75, 3.05) is 21.2 Å². The number of fused-ring (bicyclic) bond motifs is 1. The molecule has 2 N–H and O–H groups in total. The smallest absolute Gasteiger partial charge is 0.284 e. The average molecular weight is 494 g/mol. The number of ether oxygens (including phenoxy) is 1. The highest BCUT2D eigenvalue weighted by molar-refractivity contribution is 7.89. The monoisotopic (exact) mass is 493 g/mol. The molecule has 2 heterocycles. The molecule has 0 aliphatic heterocycles. The molecule has 1 aromatic carbocycles. The molecule has 0 unspecified atom stereocenters. The number of nitrogens with zero attached hydrogens (tertiary/aromatic N) is 4. The van der Waals surface area contributed by atoms with E-state index in [0.29, 0.717) is 52.6 Å². The number of methoxy groups -OCH3 is 1. The van der Waals surface area contributed by atoms with Crippen LogP contribution >= 0.6 is 11.3 Å². The van der Waals surface area contributed by atoms with Gasteiger partial charge in [0.1, 0.15) is 10.6 Å². The van der Waals surface area contributed by atoms with Crippen molar-refractivity contribution in [3.8, 4) is 17.0 Å². The van der Waals surface area contributed by atoms with Crippen molar-refractivity contribution in [2.45, 2.75) is 49.6 Å². The predicted molar refractivity (Wildman–Crippen MR) is 124 cm³/mol. The molecule has 0 bridgehead atoms. The van der Waals surface area contributed by atoms with Gasteiger partial charge >= 0.3 is 0 Å². The molecule has 0 spiro atoms. The van der Waals surface area contributed by atoms with Gasteiger partial charge in [0.05, 0.1) is 24.6 Å². The van der Waals surface area contributed by atoms with Gasteiger partial charge in [-0.25, -0.2) is 22.6 Å². The second-order valence-corrected chi connectivity index (χ2v) is 11.0. The Bertz CT molecular complexity index is 1290. The summed E-state index contributed by atoms with van der Waals surface area (Å²) in [6.45, 7) is 1.81. The van der Waals surface area contributed by atoms with Crippen LogP contribution in [0.15, 0.2) is 23.1 Å². The van der Waals surface area contributed by atoms with E-state index in [1.54, 1.807) is 36.8 Å². The molecule has 1 fully saturated rings. The number of carbonyl (C=O) groups is 1. The van der Waals surface area contributed by atoms with E-state index in [1.807, 2.05) is 6.92 Å². The number of sulfonamides is 1. The molecule has 12 heteroatoms. The first-order valence-corrected chi connectivity index (χ1v) is 12.9. The maximum absolute atomic E-state index is 13.3. The average Bonchev–Trinajstić information content (AvgIpc) is 3.30. The van der Waals surface area contributed by atoms with Crippen LogP contribution in [0.5, 0.6) is 5.75 Å². The molecule has 4 rings (SSSR count).